The van der Waals surface area contributed by atoms with Gasteiger partial charge in [-0.1, -0.05) is 6.42 Å². The molecule has 2 saturated heterocycles. The predicted octanol–water partition coefficient (Wildman–Crippen LogP) is 0.748. The number of guanidine groups is 1. The van der Waals surface area contributed by atoms with Gasteiger partial charge in [-0.3, -0.25) is 14.8 Å². The predicted molar refractivity (Wildman–Crippen MR) is 96.1 cm³/mol. The molecular formula is C17H35N5O. The molecule has 2 aliphatic rings. The van der Waals surface area contributed by atoms with E-state index in [-0.39, 0.29) is 5.54 Å². The van der Waals surface area contributed by atoms with Crippen LogP contribution in [0, 0.1) is 0 Å². The number of aliphatic imine (C=N–C) groups is 1. The number of hydrogen-bond donors (Lipinski definition) is 2. The van der Waals surface area contributed by atoms with Crippen LogP contribution in [0.5, 0.6) is 0 Å². The summed E-state index contributed by atoms with van der Waals surface area (Å²) in [6.07, 6.45) is 4.04. The lowest BCUT2D eigenvalue weighted by molar-refractivity contribution is 0.0389. The van der Waals surface area contributed by atoms with E-state index in [9.17, 15) is 0 Å². The molecule has 2 fully saturated rings. The molecule has 0 saturated carbocycles. The Bertz CT molecular complexity index is 360. The van der Waals surface area contributed by atoms with E-state index in [1.54, 1.807) is 0 Å². The van der Waals surface area contributed by atoms with Crippen molar-refractivity contribution in [1.82, 2.24) is 20.4 Å². The summed E-state index contributed by atoms with van der Waals surface area (Å²) in [6.45, 7) is 13.8. The van der Waals surface area contributed by atoms with Gasteiger partial charge in [0.1, 0.15) is 0 Å². The molecule has 0 aromatic rings. The van der Waals surface area contributed by atoms with Gasteiger partial charge in [0.15, 0.2) is 5.96 Å². The van der Waals surface area contributed by atoms with Gasteiger partial charge >= 0.3 is 0 Å². The molecule has 134 valence electrons. The van der Waals surface area contributed by atoms with Gasteiger partial charge in [-0.25, -0.2) is 0 Å². The minimum Gasteiger partial charge on any atom is -0.379 e. The van der Waals surface area contributed by atoms with Gasteiger partial charge in [0.25, 0.3) is 0 Å². The zero-order chi connectivity index (χ0) is 16.5. The minimum atomic E-state index is 0.169. The number of piperidine rings is 1. The molecule has 0 spiro atoms. The van der Waals surface area contributed by atoms with Crippen molar-refractivity contribution in [3.8, 4) is 0 Å². The maximum absolute atomic E-state index is 5.38. The van der Waals surface area contributed by atoms with Gasteiger partial charge in [0.2, 0.25) is 0 Å². The highest BCUT2D eigenvalue weighted by molar-refractivity contribution is 5.79. The molecule has 2 N–H and O–H groups in total. The van der Waals surface area contributed by atoms with E-state index in [0.29, 0.717) is 0 Å². The first kappa shape index (κ1) is 18.5. The summed E-state index contributed by atoms with van der Waals surface area (Å²) in [5.74, 6) is 0.906. The molecule has 0 bridgehead atoms. The van der Waals surface area contributed by atoms with Crippen LogP contribution in [0.3, 0.4) is 0 Å². The molecule has 2 rings (SSSR count). The van der Waals surface area contributed by atoms with Crippen LogP contribution in [0.2, 0.25) is 0 Å². The second kappa shape index (κ2) is 9.45. The minimum absolute atomic E-state index is 0.169. The highest BCUT2D eigenvalue weighted by Crippen LogP contribution is 2.19. The maximum atomic E-state index is 5.38. The molecule has 0 unspecified atom stereocenters. The van der Waals surface area contributed by atoms with Gasteiger partial charge in [-0.05, 0) is 39.8 Å². The first-order valence-electron chi connectivity index (χ1n) is 9.11. The van der Waals surface area contributed by atoms with Crippen LogP contribution in [-0.4, -0.2) is 87.4 Å². The summed E-state index contributed by atoms with van der Waals surface area (Å²) in [5, 5.41) is 6.93. The Hall–Kier alpha value is -0.850. The molecule has 0 amide bonds. The normalized spacial score (nSPS) is 22.1. The lowest BCUT2D eigenvalue weighted by Gasteiger charge is -2.41. The van der Waals surface area contributed by atoms with Gasteiger partial charge in [-0.15, -0.1) is 0 Å². The fraction of sp³-hybridized carbons (Fsp3) is 0.941. The third-order valence-electron chi connectivity index (χ3n) is 4.95. The number of nitrogens with zero attached hydrogens (tertiary/aromatic N) is 3. The van der Waals surface area contributed by atoms with Gasteiger partial charge < -0.3 is 15.4 Å². The number of hydrogen-bond acceptors (Lipinski definition) is 4. The highest BCUT2D eigenvalue weighted by Gasteiger charge is 2.27. The van der Waals surface area contributed by atoms with Crippen molar-refractivity contribution in [2.24, 2.45) is 4.99 Å². The fourth-order valence-electron chi connectivity index (χ4n) is 3.29. The smallest absolute Gasteiger partial charge is 0.191 e. The molecule has 0 aromatic carbocycles. The van der Waals surface area contributed by atoms with Crippen LogP contribution >= 0.6 is 0 Å². The fourth-order valence-corrected chi connectivity index (χ4v) is 3.29. The standard InChI is InChI=1S/C17H35N5O/c1-17(2,22-8-5-4-6-9-22)15-20-16(18-3)19-7-10-21-11-13-23-14-12-21/h4-15H2,1-3H3,(H2,18,19,20). The molecule has 0 radical (unpaired) electrons. The number of nitrogens with one attached hydrogen (secondary N) is 2. The van der Waals surface area contributed by atoms with Crippen molar-refractivity contribution >= 4 is 5.96 Å². The first-order chi connectivity index (χ1) is 11.1. The first-order valence-corrected chi connectivity index (χ1v) is 9.11. The van der Waals surface area contributed by atoms with Crippen LogP contribution in [-0.2, 0) is 4.74 Å². The van der Waals surface area contributed by atoms with E-state index in [0.717, 1.165) is 51.9 Å². The van der Waals surface area contributed by atoms with Gasteiger partial charge in [-0.2, -0.15) is 0 Å². The third kappa shape index (κ3) is 6.28. The number of ether oxygens (including phenoxy) is 1. The Kier molecular flexibility index (Phi) is 7.59. The molecule has 6 nitrogen and oxygen atoms in total. The van der Waals surface area contributed by atoms with Crippen LogP contribution in [0.4, 0.5) is 0 Å². The molecule has 0 atom stereocenters. The second-order valence-electron chi connectivity index (χ2n) is 7.17. The maximum Gasteiger partial charge on any atom is 0.191 e. The monoisotopic (exact) mass is 325 g/mol. The molecule has 6 heteroatoms. The number of rotatable bonds is 6. The highest BCUT2D eigenvalue weighted by atomic mass is 16.5. The van der Waals surface area contributed by atoms with Crippen LogP contribution in [0.15, 0.2) is 4.99 Å². The van der Waals surface area contributed by atoms with Crippen molar-refractivity contribution in [2.45, 2.75) is 38.6 Å². The van der Waals surface area contributed by atoms with Crippen molar-refractivity contribution < 1.29 is 4.74 Å². The van der Waals surface area contributed by atoms with Crippen LogP contribution < -0.4 is 10.6 Å². The molecule has 2 heterocycles. The SMILES string of the molecule is CN=C(NCCN1CCOCC1)NCC(C)(C)N1CCCCC1. The Morgan fingerprint density at radius 1 is 1.04 bits per heavy atom. The summed E-state index contributed by atoms with van der Waals surface area (Å²) in [5.41, 5.74) is 0.169. The van der Waals surface area contributed by atoms with E-state index in [1.165, 1.54) is 32.4 Å². The quantitative estimate of drug-likeness (QED) is 0.557. The third-order valence-corrected chi connectivity index (χ3v) is 4.95. The largest absolute Gasteiger partial charge is 0.379 e. The average molecular weight is 326 g/mol. The Balaban J connectivity index is 1.67. The summed E-state index contributed by atoms with van der Waals surface area (Å²) < 4.78 is 5.38. The van der Waals surface area contributed by atoms with Crippen molar-refractivity contribution in [3.05, 3.63) is 0 Å². The van der Waals surface area contributed by atoms with E-state index in [2.05, 4.69) is 39.3 Å². The zero-order valence-corrected chi connectivity index (χ0v) is 15.2. The molecule has 0 aliphatic carbocycles. The topological polar surface area (TPSA) is 52.1 Å². The molecule has 23 heavy (non-hydrogen) atoms. The Labute approximate surface area is 141 Å². The lowest BCUT2D eigenvalue weighted by Crippen LogP contribution is -2.55. The van der Waals surface area contributed by atoms with Gasteiger partial charge in [0, 0.05) is 45.3 Å². The van der Waals surface area contributed by atoms with Crippen molar-refractivity contribution in [3.63, 3.8) is 0 Å². The molecule has 0 aromatic heterocycles. The van der Waals surface area contributed by atoms with Crippen molar-refractivity contribution in [1.29, 1.82) is 0 Å². The zero-order valence-electron chi connectivity index (χ0n) is 15.2. The van der Waals surface area contributed by atoms with Gasteiger partial charge in [0.05, 0.1) is 13.2 Å². The number of likely N-dealkylation sites (tertiary alicyclic amines) is 1. The summed E-state index contributed by atoms with van der Waals surface area (Å²) in [7, 11) is 1.85. The van der Waals surface area contributed by atoms with Crippen LogP contribution in [0.25, 0.3) is 0 Å². The Morgan fingerprint density at radius 2 is 1.74 bits per heavy atom. The molecule has 2 aliphatic heterocycles. The summed E-state index contributed by atoms with van der Waals surface area (Å²) in [6, 6.07) is 0. The Morgan fingerprint density at radius 3 is 2.39 bits per heavy atom. The lowest BCUT2D eigenvalue weighted by atomic mass is 9.98. The average Bonchev–Trinajstić information content (AvgIpc) is 2.59. The van der Waals surface area contributed by atoms with E-state index in [1.807, 2.05) is 7.05 Å². The summed E-state index contributed by atoms with van der Waals surface area (Å²) in [4.78, 5) is 9.39. The van der Waals surface area contributed by atoms with Crippen LogP contribution in [0.1, 0.15) is 33.1 Å². The molecular weight excluding hydrogens is 290 g/mol. The second-order valence-corrected chi connectivity index (χ2v) is 7.17. The summed E-state index contributed by atoms with van der Waals surface area (Å²) >= 11 is 0. The van der Waals surface area contributed by atoms with E-state index < -0.39 is 0 Å². The van der Waals surface area contributed by atoms with E-state index in [4.69, 9.17) is 4.74 Å². The van der Waals surface area contributed by atoms with Crippen molar-refractivity contribution in [2.75, 3.05) is 66.1 Å². The number of morpholine rings is 1. The van der Waals surface area contributed by atoms with E-state index >= 15 is 0 Å².